The third-order valence-electron chi connectivity index (χ3n) is 5.54. The quantitative estimate of drug-likeness (QED) is 0.414. The predicted octanol–water partition coefficient (Wildman–Crippen LogP) is 4.14. The van der Waals surface area contributed by atoms with E-state index in [1.165, 1.54) is 0 Å². The average molecular weight is 438 g/mol. The minimum absolute atomic E-state index is 0.139. The molecule has 1 aliphatic rings. The third-order valence-corrected chi connectivity index (χ3v) is 5.54. The molecule has 0 unspecified atom stereocenters. The molecule has 2 atom stereocenters. The summed E-state index contributed by atoms with van der Waals surface area (Å²) in [6.07, 6.45) is 0. The van der Waals surface area contributed by atoms with Gasteiger partial charge in [0.1, 0.15) is 6.04 Å². The monoisotopic (exact) mass is 437 g/mol. The summed E-state index contributed by atoms with van der Waals surface area (Å²) in [5.74, 6) is 1.98. The topological polar surface area (TPSA) is 106 Å². The zero-order valence-electron chi connectivity index (χ0n) is 18.1. The van der Waals surface area contributed by atoms with Crippen LogP contribution in [0.1, 0.15) is 35.6 Å². The van der Waals surface area contributed by atoms with Gasteiger partial charge < -0.3 is 21.3 Å². The lowest BCUT2D eigenvalue weighted by molar-refractivity contribution is -0.118. The summed E-state index contributed by atoms with van der Waals surface area (Å²) in [6, 6.07) is 23.9. The largest absolute Gasteiger partial charge is 0.331 e. The number of fused-ring (bicyclic) bond motifs is 1. The number of nitrogens with zero attached hydrogens (tertiary/aromatic N) is 1. The van der Waals surface area contributed by atoms with Crippen molar-refractivity contribution in [3.05, 3.63) is 95.3 Å². The van der Waals surface area contributed by atoms with Crippen molar-refractivity contribution in [2.75, 3.05) is 22.5 Å². The van der Waals surface area contributed by atoms with Crippen molar-refractivity contribution in [1.82, 2.24) is 5.32 Å². The molecule has 0 spiro atoms. The van der Waals surface area contributed by atoms with Gasteiger partial charge in [-0.15, -0.1) is 0 Å². The second kappa shape index (κ2) is 9.84. The van der Waals surface area contributed by atoms with Crippen LogP contribution in [0.3, 0.4) is 0 Å². The van der Waals surface area contributed by atoms with Crippen molar-refractivity contribution < 1.29 is 9.59 Å². The fourth-order valence-electron chi connectivity index (χ4n) is 3.71. The van der Waals surface area contributed by atoms with Crippen LogP contribution in [-0.4, -0.2) is 18.4 Å². The fourth-order valence-corrected chi connectivity index (χ4v) is 3.71. The van der Waals surface area contributed by atoms with Crippen LogP contribution in [0.15, 0.2) is 78.6 Å². The summed E-state index contributed by atoms with van der Waals surface area (Å²) in [4.78, 5) is 24.1. The number of nitrogens with one attached hydrogen (secondary N) is 4. The molecule has 0 aromatic heterocycles. The Bertz CT molecular complexity index is 1240. The van der Waals surface area contributed by atoms with Crippen molar-refractivity contribution in [3.63, 3.8) is 0 Å². The SMILES string of the molecule is C[C@H](CN[C@@H](C(=O)Nc1ccc2c(c1)NC(=C=O)N2)c1ccccc1)c1ccc(C#N)cc1. The summed E-state index contributed by atoms with van der Waals surface area (Å²) in [5, 5.41) is 21.2. The average Bonchev–Trinajstić information content (AvgIpc) is 3.27. The maximum Gasteiger partial charge on any atom is 0.246 e. The summed E-state index contributed by atoms with van der Waals surface area (Å²) >= 11 is 0. The van der Waals surface area contributed by atoms with Crippen LogP contribution in [-0.2, 0) is 9.59 Å². The van der Waals surface area contributed by atoms with Crippen molar-refractivity contribution in [2.45, 2.75) is 18.9 Å². The number of amides is 1. The van der Waals surface area contributed by atoms with Crippen molar-refractivity contribution in [1.29, 1.82) is 5.26 Å². The van der Waals surface area contributed by atoms with Crippen LogP contribution >= 0.6 is 0 Å². The van der Waals surface area contributed by atoms with Crippen LogP contribution in [0.25, 0.3) is 0 Å². The van der Waals surface area contributed by atoms with E-state index in [2.05, 4.69) is 34.3 Å². The standard InChI is InChI=1S/C26H23N5O2/c1-17(19-9-7-18(14-27)8-10-19)15-28-25(20-5-3-2-4-6-20)26(33)29-21-11-12-22-23(13-21)31-24(16-32)30-22/h2-13,17,25,28,30-31H,15H2,1H3,(H,29,33)/t17-,25-/m1/s1. The van der Waals surface area contributed by atoms with Crippen LogP contribution in [0.2, 0.25) is 0 Å². The van der Waals surface area contributed by atoms with Gasteiger partial charge in [-0.25, -0.2) is 4.79 Å². The molecule has 0 aliphatic carbocycles. The van der Waals surface area contributed by atoms with Gasteiger partial charge in [0.2, 0.25) is 5.91 Å². The molecule has 1 aliphatic heterocycles. The van der Waals surface area contributed by atoms with E-state index in [0.717, 1.165) is 16.8 Å². The maximum absolute atomic E-state index is 13.3. The molecule has 1 amide bonds. The minimum Gasteiger partial charge on any atom is -0.331 e. The van der Waals surface area contributed by atoms with Gasteiger partial charge in [-0.2, -0.15) is 5.26 Å². The minimum atomic E-state index is -0.559. The molecule has 0 saturated carbocycles. The molecule has 1 heterocycles. The lowest BCUT2D eigenvalue weighted by atomic mass is 9.98. The lowest BCUT2D eigenvalue weighted by Gasteiger charge is -2.22. The van der Waals surface area contributed by atoms with E-state index in [-0.39, 0.29) is 17.6 Å². The Morgan fingerprint density at radius 2 is 1.70 bits per heavy atom. The first-order valence-electron chi connectivity index (χ1n) is 10.6. The number of carbonyl (C=O) groups excluding carboxylic acids is 2. The highest BCUT2D eigenvalue weighted by Crippen LogP contribution is 2.32. The van der Waals surface area contributed by atoms with Gasteiger partial charge in [0.05, 0.1) is 23.0 Å². The van der Waals surface area contributed by atoms with E-state index in [4.69, 9.17) is 5.26 Å². The smallest absolute Gasteiger partial charge is 0.246 e. The number of carbonyl (C=O) groups is 1. The van der Waals surface area contributed by atoms with E-state index in [9.17, 15) is 9.59 Å². The molecule has 3 aromatic carbocycles. The number of rotatable bonds is 7. The van der Waals surface area contributed by atoms with E-state index < -0.39 is 6.04 Å². The Morgan fingerprint density at radius 1 is 0.970 bits per heavy atom. The Labute approximate surface area is 192 Å². The predicted molar refractivity (Wildman–Crippen MR) is 128 cm³/mol. The first-order chi connectivity index (χ1) is 16.1. The Kier molecular flexibility index (Phi) is 6.51. The highest BCUT2D eigenvalue weighted by molar-refractivity contribution is 5.97. The van der Waals surface area contributed by atoms with Gasteiger partial charge in [-0.05, 0) is 47.4 Å². The van der Waals surface area contributed by atoms with Crippen LogP contribution < -0.4 is 21.3 Å². The molecule has 3 aromatic rings. The van der Waals surface area contributed by atoms with E-state index in [1.807, 2.05) is 42.5 Å². The normalized spacial score (nSPS) is 13.5. The molecule has 0 radical (unpaired) electrons. The summed E-state index contributed by atoms with van der Waals surface area (Å²) in [5.41, 5.74) is 4.63. The molecule has 0 bridgehead atoms. The van der Waals surface area contributed by atoms with Gasteiger partial charge in [0.25, 0.3) is 0 Å². The van der Waals surface area contributed by atoms with Crippen LogP contribution in [0.5, 0.6) is 0 Å². The number of hydrogen-bond donors (Lipinski definition) is 4. The Morgan fingerprint density at radius 3 is 2.39 bits per heavy atom. The number of anilines is 3. The zero-order chi connectivity index (χ0) is 23.2. The first kappa shape index (κ1) is 21.8. The van der Waals surface area contributed by atoms with E-state index in [0.29, 0.717) is 23.5 Å². The number of nitriles is 1. The third kappa shape index (κ3) is 5.10. The summed E-state index contributed by atoms with van der Waals surface area (Å²) < 4.78 is 0. The zero-order valence-corrected chi connectivity index (χ0v) is 18.1. The molecular formula is C26H23N5O2. The lowest BCUT2D eigenvalue weighted by Crippen LogP contribution is -2.35. The first-order valence-corrected chi connectivity index (χ1v) is 10.6. The summed E-state index contributed by atoms with van der Waals surface area (Å²) in [6.45, 7) is 2.65. The van der Waals surface area contributed by atoms with Gasteiger partial charge in [0.15, 0.2) is 11.8 Å². The molecule has 7 nitrogen and oxygen atoms in total. The van der Waals surface area contributed by atoms with Crippen molar-refractivity contribution in [3.8, 4) is 6.07 Å². The second-order valence-electron chi connectivity index (χ2n) is 7.86. The van der Waals surface area contributed by atoms with Gasteiger partial charge in [-0.3, -0.25) is 4.79 Å². The van der Waals surface area contributed by atoms with Gasteiger partial charge >= 0.3 is 0 Å². The summed E-state index contributed by atoms with van der Waals surface area (Å²) in [7, 11) is 0. The van der Waals surface area contributed by atoms with E-state index in [1.54, 1.807) is 36.3 Å². The highest BCUT2D eigenvalue weighted by atomic mass is 16.2. The molecule has 33 heavy (non-hydrogen) atoms. The molecule has 4 N–H and O–H groups in total. The van der Waals surface area contributed by atoms with Crippen molar-refractivity contribution >= 4 is 28.9 Å². The molecule has 0 saturated heterocycles. The van der Waals surface area contributed by atoms with Crippen LogP contribution in [0.4, 0.5) is 17.1 Å². The Hall–Kier alpha value is -4.37. The molecular weight excluding hydrogens is 414 g/mol. The maximum atomic E-state index is 13.3. The van der Waals surface area contributed by atoms with E-state index >= 15 is 0 Å². The van der Waals surface area contributed by atoms with Gasteiger partial charge in [-0.1, -0.05) is 49.4 Å². The van der Waals surface area contributed by atoms with Gasteiger partial charge in [0, 0.05) is 12.2 Å². The van der Waals surface area contributed by atoms with Crippen LogP contribution in [0, 0.1) is 11.3 Å². The molecule has 0 fully saturated rings. The molecule has 4 rings (SSSR count). The fraction of sp³-hybridized carbons (Fsp3) is 0.154. The van der Waals surface area contributed by atoms with Crippen molar-refractivity contribution in [2.24, 2.45) is 0 Å². The Balaban J connectivity index is 1.48. The number of benzene rings is 3. The molecule has 164 valence electrons. The highest BCUT2D eigenvalue weighted by Gasteiger charge is 2.22. The number of hydrogen-bond acceptors (Lipinski definition) is 6. The molecule has 7 heteroatoms. The second-order valence-corrected chi connectivity index (χ2v) is 7.86.